The van der Waals surface area contributed by atoms with Crippen molar-refractivity contribution in [2.75, 3.05) is 11.3 Å². The van der Waals surface area contributed by atoms with Crippen LogP contribution in [0.4, 0.5) is 15.3 Å². The number of alkyl carbamates (subject to hydrolysis) is 1. The number of amides is 5. The Morgan fingerprint density at radius 2 is 1.70 bits per heavy atom. The summed E-state index contributed by atoms with van der Waals surface area (Å²) in [4.78, 5) is 71.7. The number of nitrogens with one attached hydrogen (secondary N) is 4. The van der Waals surface area contributed by atoms with E-state index in [2.05, 4.69) is 15.4 Å². The molecule has 0 spiro atoms. The summed E-state index contributed by atoms with van der Waals surface area (Å²) >= 11 is 0. The van der Waals surface area contributed by atoms with Gasteiger partial charge in [-0.25, -0.2) is 14.3 Å². The van der Waals surface area contributed by atoms with Crippen molar-refractivity contribution in [3.8, 4) is 6.07 Å². The number of hydrogen-bond acceptors (Lipinski definition) is 10. The lowest BCUT2D eigenvalue weighted by molar-refractivity contribution is -0.141. The molecule has 5 amide bonds. The minimum absolute atomic E-state index is 0.0882. The predicted molar refractivity (Wildman–Crippen MR) is 202 cm³/mol. The van der Waals surface area contributed by atoms with Crippen LogP contribution in [0.5, 0.6) is 0 Å². The lowest BCUT2D eigenvalue weighted by Gasteiger charge is -2.30. The van der Waals surface area contributed by atoms with Crippen LogP contribution in [0.1, 0.15) is 82.4 Å². The minimum atomic E-state index is -4.49. The summed E-state index contributed by atoms with van der Waals surface area (Å²) < 4.78 is 41.9. The molecule has 0 radical (unpaired) electrons. The number of rotatable bonds is 6. The molecule has 56 heavy (non-hydrogen) atoms. The van der Waals surface area contributed by atoms with Gasteiger partial charge in [0.05, 0.1) is 23.9 Å². The van der Waals surface area contributed by atoms with Crippen molar-refractivity contribution in [2.24, 2.45) is 5.92 Å². The number of benzene rings is 2. The van der Waals surface area contributed by atoms with Gasteiger partial charge >= 0.3 is 22.4 Å². The number of ether oxygens (including phenoxy) is 2. The first kappa shape index (κ1) is 40.0. The molecular formula is C39H47N7O9S. The second-order valence-electron chi connectivity index (χ2n) is 15.6. The van der Waals surface area contributed by atoms with Gasteiger partial charge in [0.25, 0.3) is 5.91 Å². The van der Waals surface area contributed by atoms with Gasteiger partial charge in [0.2, 0.25) is 11.8 Å². The molecule has 17 heteroatoms. The van der Waals surface area contributed by atoms with Gasteiger partial charge in [-0.2, -0.15) is 13.7 Å². The maximum atomic E-state index is 14.4. The van der Waals surface area contributed by atoms with Gasteiger partial charge < -0.3 is 25.0 Å². The fourth-order valence-electron chi connectivity index (χ4n) is 7.30. The molecule has 3 aliphatic heterocycles. The summed E-state index contributed by atoms with van der Waals surface area (Å²) in [5, 5.41) is 14.5. The van der Waals surface area contributed by atoms with E-state index < -0.39 is 75.4 Å². The van der Waals surface area contributed by atoms with Crippen molar-refractivity contribution < 1.29 is 41.9 Å². The standard InChI is InChI=1S/C39H47N7O9S/c1-38(2,3)55-36(50)41-31-14-8-6-4-5-7-13-28-20-39(28,35(49)44-56(52,53)43-29-17-15-25(21-40)16-18-29)42-33(47)32-19-30(24-46(32)34(31)48)54-37(51)45-22-26-11-9-10-12-27(26)23-45/h7,9-13,15-18,28,30-32,43H,4-6,8,14,19-20,22-24H2,1-3H3,(H,41,50)(H,42,47)(H,44,49)/b13-7-/t28-,30-,31+,32+,39-/m1/s1. The van der Waals surface area contributed by atoms with Gasteiger partial charge in [0.15, 0.2) is 0 Å². The number of nitrogens with zero attached hydrogens (tertiary/aromatic N) is 3. The van der Waals surface area contributed by atoms with Crippen LogP contribution < -0.4 is 20.1 Å². The summed E-state index contributed by atoms with van der Waals surface area (Å²) in [6, 6.07) is 12.8. The zero-order chi connectivity index (χ0) is 40.3. The SMILES string of the molecule is CC(C)(C)OC(=O)N[C@H]1CCCCC/C=C\[C@@H]2C[C@@]2(C(=O)NS(=O)(=O)Nc2ccc(C#N)cc2)NC(=O)[C@@H]2C[C@@H](OC(=O)N3Cc4ccccc4C3)CN2C1=O. The Morgan fingerprint density at radius 1 is 1.00 bits per heavy atom. The molecule has 2 aromatic rings. The lowest BCUT2D eigenvalue weighted by atomic mass is 10.0. The molecule has 298 valence electrons. The van der Waals surface area contributed by atoms with Gasteiger partial charge in [-0.1, -0.05) is 49.3 Å². The molecule has 16 nitrogen and oxygen atoms in total. The zero-order valence-corrected chi connectivity index (χ0v) is 32.4. The highest BCUT2D eigenvalue weighted by molar-refractivity contribution is 7.91. The van der Waals surface area contributed by atoms with Crippen molar-refractivity contribution in [1.29, 1.82) is 5.26 Å². The van der Waals surface area contributed by atoms with E-state index in [-0.39, 0.29) is 31.5 Å². The summed E-state index contributed by atoms with van der Waals surface area (Å²) in [6.07, 6.45) is 4.19. The topological polar surface area (TPSA) is 216 Å². The highest BCUT2D eigenvalue weighted by atomic mass is 32.2. The molecule has 4 aliphatic rings. The molecular weight excluding hydrogens is 743 g/mol. The van der Waals surface area contributed by atoms with E-state index in [9.17, 15) is 32.4 Å². The first-order valence-electron chi connectivity index (χ1n) is 18.7. The van der Waals surface area contributed by atoms with E-state index >= 15 is 0 Å². The van der Waals surface area contributed by atoms with Gasteiger partial charge in [0.1, 0.15) is 29.3 Å². The first-order valence-corrected chi connectivity index (χ1v) is 20.2. The Hall–Kier alpha value is -5.63. The molecule has 3 heterocycles. The van der Waals surface area contributed by atoms with Gasteiger partial charge in [0, 0.05) is 25.4 Å². The fraction of sp³-hybridized carbons (Fsp3) is 0.487. The average Bonchev–Trinajstić information content (AvgIpc) is 3.43. The van der Waals surface area contributed by atoms with E-state index in [0.29, 0.717) is 37.9 Å². The van der Waals surface area contributed by atoms with Crippen molar-refractivity contribution >= 4 is 45.8 Å². The number of nitriles is 1. The van der Waals surface area contributed by atoms with E-state index in [1.165, 1.54) is 34.1 Å². The summed E-state index contributed by atoms with van der Waals surface area (Å²) in [7, 11) is -4.49. The van der Waals surface area contributed by atoms with E-state index in [1.54, 1.807) is 26.8 Å². The predicted octanol–water partition coefficient (Wildman–Crippen LogP) is 3.74. The van der Waals surface area contributed by atoms with Gasteiger partial charge in [-0.05, 0) is 81.8 Å². The van der Waals surface area contributed by atoms with Gasteiger partial charge in [-0.3, -0.25) is 24.0 Å². The Balaban J connectivity index is 1.24. The Bertz CT molecular complexity index is 2020. The normalized spacial score (nSPS) is 25.8. The quantitative estimate of drug-likeness (QED) is 0.311. The van der Waals surface area contributed by atoms with Crippen molar-refractivity contribution in [2.45, 2.75) is 108 Å². The van der Waals surface area contributed by atoms with Crippen molar-refractivity contribution in [1.82, 2.24) is 25.2 Å². The molecule has 1 saturated carbocycles. The van der Waals surface area contributed by atoms with Crippen LogP contribution >= 0.6 is 0 Å². The second kappa shape index (κ2) is 16.2. The van der Waals surface area contributed by atoms with Crippen LogP contribution in [-0.4, -0.2) is 84.0 Å². The number of carbonyl (C=O) groups excluding carboxylic acids is 5. The van der Waals surface area contributed by atoms with Crippen LogP contribution in [-0.2, 0) is 47.2 Å². The highest BCUT2D eigenvalue weighted by Gasteiger charge is 2.61. The smallest absolute Gasteiger partial charge is 0.410 e. The van der Waals surface area contributed by atoms with Crippen LogP contribution in [0.15, 0.2) is 60.7 Å². The molecule has 0 unspecified atom stereocenters. The summed E-state index contributed by atoms with van der Waals surface area (Å²) in [6.45, 7) is 5.60. The third-order valence-electron chi connectivity index (χ3n) is 10.2. The van der Waals surface area contributed by atoms with Crippen molar-refractivity contribution in [3.63, 3.8) is 0 Å². The number of carbonyl (C=O) groups is 5. The fourth-order valence-corrected chi connectivity index (χ4v) is 8.22. The van der Waals surface area contributed by atoms with Crippen LogP contribution in [0.2, 0.25) is 0 Å². The number of allylic oxidation sites excluding steroid dienone is 1. The van der Waals surface area contributed by atoms with Crippen molar-refractivity contribution in [3.05, 3.63) is 77.4 Å². The lowest BCUT2D eigenvalue weighted by Crippen LogP contribution is -2.58. The molecule has 4 N–H and O–H groups in total. The van der Waals surface area contributed by atoms with E-state index in [4.69, 9.17) is 14.7 Å². The Morgan fingerprint density at radius 3 is 2.36 bits per heavy atom. The highest BCUT2D eigenvalue weighted by Crippen LogP contribution is 2.46. The Kier molecular flexibility index (Phi) is 11.6. The monoisotopic (exact) mass is 789 g/mol. The summed E-state index contributed by atoms with van der Waals surface area (Å²) in [5.74, 6) is -2.88. The molecule has 2 aromatic carbocycles. The minimum Gasteiger partial charge on any atom is -0.444 e. The first-order chi connectivity index (χ1) is 26.6. The third kappa shape index (κ3) is 9.59. The third-order valence-corrected chi connectivity index (χ3v) is 11.2. The van der Waals surface area contributed by atoms with E-state index in [0.717, 1.165) is 17.5 Å². The number of anilines is 1. The average molecular weight is 790 g/mol. The van der Waals surface area contributed by atoms with Gasteiger partial charge in [-0.15, -0.1) is 0 Å². The largest absolute Gasteiger partial charge is 0.444 e. The molecule has 1 saturated heterocycles. The maximum Gasteiger partial charge on any atom is 0.410 e. The van der Waals surface area contributed by atoms with Crippen LogP contribution in [0.3, 0.4) is 0 Å². The van der Waals surface area contributed by atoms with E-state index in [1.807, 2.05) is 41.1 Å². The molecule has 2 fully saturated rings. The number of hydrogen-bond donors (Lipinski definition) is 4. The second-order valence-corrected chi connectivity index (χ2v) is 17.0. The Labute approximate surface area is 326 Å². The van der Waals surface area contributed by atoms with Crippen LogP contribution in [0, 0.1) is 17.2 Å². The molecule has 0 bridgehead atoms. The number of fused-ring (bicyclic) bond motifs is 3. The van der Waals surface area contributed by atoms with Crippen LogP contribution in [0.25, 0.3) is 0 Å². The zero-order valence-electron chi connectivity index (χ0n) is 31.6. The molecule has 1 aliphatic carbocycles. The molecule has 0 aromatic heterocycles. The maximum absolute atomic E-state index is 14.4. The molecule has 5 atom stereocenters. The molecule has 6 rings (SSSR count). The summed E-state index contributed by atoms with van der Waals surface area (Å²) in [5.41, 5.74) is -0.129.